The molecular formula is C34H48NO7PSi. The molecule has 44 heavy (non-hydrogen) atoms. The summed E-state index contributed by atoms with van der Waals surface area (Å²) in [5.41, 5.74) is 0.969. The van der Waals surface area contributed by atoms with Crippen molar-refractivity contribution in [3.63, 3.8) is 0 Å². The van der Waals surface area contributed by atoms with Crippen LogP contribution >= 0.6 is 7.37 Å². The van der Waals surface area contributed by atoms with Crippen molar-refractivity contribution in [1.29, 1.82) is 0 Å². The quantitative estimate of drug-likeness (QED) is 0.104. The summed E-state index contributed by atoms with van der Waals surface area (Å²) in [5, 5.41) is 14.3. The lowest BCUT2D eigenvalue weighted by molar-refractivity contribution is 0.102. The van der Waals surface area contributed by atoms with Crippen LogP contribution in [-0.4, -0.2) is 49.7 Å². The Kier molecular flexibility index (Phi) is 12.9. The molecular weight excluding hydrogens is 593 g/mol. The Balaban J connectivity index is 1.30. The molecule has 1 heterocycles. The van der Waals surface area contributed by atoms with E-state index >= 15 is 0 Å². The molecule has 0 bridgehead atoms. The fourth-order valence-corrected chi connectivity index (χ4v) is 10.7. The molecule has 0 saturated heterocycles. The molecule has 10 heteroatoms. The SMILES string of the molecule is CCCC[Si]1(CCCC)OCc2cc(OCC(O)CNC(C)CC(Oc3ccccc3)P(=O)(O)c3ccccc3)ccc2O1. The van der Waals surface area contributed by atoms with E-state index in [4.69, 9.17) is 18.3 Å². The molecule has 1 aliphatic heterocycles. The van der Waals surface area contributed by atoms with Crippen LogP contribution in [0.3, 0.4) is 0 Å². The van der Waals surface area contributed by atoms with Gasteiger partial charge in [-0.05, 0) is 49.4 Å². The summed E-state index contributed by atoms with van der Waals surface area (Å²) in [6.07, 6.45) is 3.96. The predicted molar refractivity (Wildman–Crippen MR) is 177 cm³/mol. The van der Waals surface area contributed by atoms with Gasteiger partial charge in [-0.25, -0.2) is 0 Å². The van der Waals surface area contributed by atoms with Crippen molar-refractivity contribution in [3.05, 3.63) is 84.4 Å². The number of hydrogen-bond acceptors (Lipinski definition) is 7. The van der Waals surface area contributed by atoms with Gasteiger partial charge < -0.3 is 33.6 Å². The Morgan fingerprint density at radius 3 is 2.27 bits per heavy atom. The third-order valence-corrected chi connectivity index (χ3v) is 13.5. The zero-order valence-electron chi connectivity index (χ0n) is 26.2. The molecule has 3 aromatic rings. The molecule has 0 aliphatic carbocycles. The summed E-state index contributed by atoms with van der Waals surface area (Å²) in [6.45, 7) is 7.18. The van der Waals surface area contributed by atoms with Gasteiger partial charge in [-0.3, -0.25) is 4.57 Å². The van der Waals surface area contributed by atoms with Crippen LogP contribution in [-0.2, 0) is 15.6 Å². The predicted octanol–water partition coefficient (Wildman–Crippen LogP) is 6.75. The first kappa shape index (κ1) is 34.2. The Morgan fingerprint density at radius 2 is 1.61 bits per heavy atom. The van der Waals surface area contributed by atoms with Crippen molar-refractivity contribution in [2.24, 2.45) is 0 Å². The number of hydrogen-bond donors (Lipinski definition) is 3. The van der Waals surface area contributed by atoms with Gasteiger partial charge in [-0.15, -0.1) is 0 Å². The van der Waals surface area contributed by atoms with Gasteiger partial charge in [0.1, 0.15) is 30.0 Å². The average Bonchev–Trinajstić information content (AvgIpc) is 3.05. The zero-order valence-corrected chi connectivity index (χ0v) is 28.1. The van der Waals surface area contributed by atoms with Gasteiger partial charge in [0.2, 0.25) is 0 Å². The first-order valence-electron chi connectivity index (χ1n) is 15.8. The van der Waals surface area contributed by atoms with Crippen LogP contribution in [0.5, 0.6) is 17.2 Å². The van der Waals surface area contributed by atoms with Gasteiger partial charge in [0.25, 0.3) is 7.37 Å². The number of aliphatic hydroxyl groups excluding tert-OH is 1. The van der Waals surface area contributed by atoms with Crippen molar-refractivity contribution in [2.45, 2.75) is 89.6 Å². The van der Waals surface area contributed by atoms with Crippen LogP contribution in [0.25, 0.3) is 0 Å². The van der Waals surface area contributed by atoms with Crippen LogP contribution in [0.1, 0.15) is 58.4 Å². The fraction of sp³-hybridized carbons (Fsp3) is 0.471. The van der Waals surface area contributed by atoms with Crippen molar-refractivity contribution in [1.82, 2.24) is 5.32 Å². The number of ether oxygens (including phenoxy) is 2. The van der Waals surface area contributed by atoms with Crippen LogP contribution in [0, 0.1) is 0 Å². The molecule has 4 unspecified atom stereocenters. The van der Waals surface area contributed by atoms with E-state index in [2.05, 4.69) is 19.2 Å². The topological polar surface area (TPSA) is 106 Å². The van der Waals surface area contributed by atoms with Gasteiger partial charge in [0.15, 0.2) is 5.85 Å². The summed E-state index contributed by atoms with van der Waals surface area (Å²) >= 11 is 0. The molecule has 8 nitrogen and oxygen atoms in total. The smallest absolute Gasteiger partial charge is 0.399 e. The highest BCUT2D eigenvalue weighted by molar-refractivity contribution is 7.66. The minimum absolute atomic E-state index is 0.0956. The van der Waals surface area contributed by atoms with Gasteiger partial charge >= 0.3 is 8.56 Å². The fourth-order valence-electron chi connectivity index (χ4n) is 5.26. The number of para-hydroxylation sites is 1. The normalized spacial score (nSPS) is 17.4. The Labute approximate surface area is 263 Å². The molecule has 0 aromatic heterocycles. The maximum Gasteiger partial charge on any atom is 0.399 e. The van der Waals surface area contributed by atoms with E-state index in [1.54, 1.807) is 36.4 Å². The number of nitrogens with one attached hydrogen (secondary N) is 1. The maximum absolute atomic E-state index is 13.6. The summed E-state index contributed by atoms with van der Waals surface area (Å²) in [6, 6.07) is 25.3. The highest BCUT2D eigenvalue weighted by Crippen LogP contribution is 2.47. The molecule has 0 saturated carbocycles. The van der Waals surface area contributed by atoms with E-state index in [1.165, 1.54) is 0 Å². The molecule has 1 aliphatic rings. The van der Waals surface area contributed by atoms with E-state index in [-0.39, 0.29) is 25.6 Å². The average molecular weight is 642 g/mol. The molecule has 0 fully saturated rings. The first-order chi connectivity index (χ1) is 21.2. The second-order valence-electron chi connectivity index (χ2n) is 11.6. The number of fused-ring (bicyclic) bond motifs is 1. The zero-order chi connectivity index (χ0) is 31.4. The second kappa shape index (κ2) is 16.6. The summed E-state index contributed by atoms with van der Waals surface area (Å²) in [7, 11) is -6.12. The van der Waals surface area contributed by atoms with E-state index in [0.29, 0.717) is 23.4 Å². The highest BCUT2D eigenvalue weighted by atomic mass is 31.2. The van der Waals surface area contributed by atoms with Crippen LogP contribution < -0.4 is 24.5 Å². The molecule has 240 valence electrons. The third-order valence-electron chi connectivity index (χ3n) is 7.87. The van der Waals surface area contributed by atoms with Crippen molar-refractivity contribution < 1.29 is 32.9 Å². The summed E-state index contributed by atoms with van der Waals surface area (Å²) in [4.78, 5) is 11.2. The second-order valence-corrected chi connectivity index (χ2v) is 17.3. The van der Waals surface area contributed by atoms with Gasteiger partial charge in [-0.2, -0.15) is 0 Å². The van der Waals surface area contributed by atoms with Gasteiger partial charge in [-0.1, -0.05) is 75.9 Å². The van der Waals surface area contributed by atoms with Crippen LogP contribution in [0.4, 0.5) is 0 Å². The molecule has 4 rings (SSSR count). The van der Waals surface area contributed by atoms with Crippen molar-refractivity contribution >= 4 is 21.2 Å². The van der Waals surface area contributed by atoms with Crippen molar-refractivity contribution in [2.75, 3.05) is 13.2 Å². The molecule has 0 radical (unpaired) electrons. The van der Waals surface area contributed by atoms with Crippen LogP contribution in [0.2, 0.25) is 12.1 Å². The van der Waals surface area contributed by atoms with E-state index < -0.39 is 27.9 Å². The number of unbranched alkanes of at least 4 members (excludes halogenated alkanes) is 2. The van der Waals surface area contributed by atoms with Gasteiger partial charge in [0, 0.05) is 42.0 Å². The van der Waals surface area contributed by atoms with Crippen molar-refractivity contribution in [3.8, 4) is 17.2 Å². The molecule has 3 aromatic carbocycles. The molecule has 3 N–H and O–H groups in total. The number of aliphatic hydroxyl groups is 1. The monoisotopic (exact) mass is 641 g/mol. The van der Waals surface area contributed by atoms with E-state index in [0.717, 1.165) is 49.1 Å². The first-order valence-corrected chi connectivity index (χ1v) is 19.8. The largest absolute Gasteiger partial charge is 0.520 e. The third kappa shape index (κ3) is 9.67. The molecule has 4 atom stereocenters. The Morgan fingerprint density at radius 1 is 0.955 bits per heavy atom. The molecule has 0 spiro atoms. The number of rotatable bonds is 18. The minimum atomic E-state index is -3.87. The van der Waals surface area contributed by atoms with E-state index in [1.807, 2.05) is 49.4 Å². The van der Waals surface area contributed by atoms with Gasteiger partial charge in [0.05, 0.1) is 6.61 Å². The van der Waals surface area contributed by atoms with E-state index in [9.17, 15) is 14.6 Å². The summed E-state index contributed by atoms with van der Waals surface area (Å²) < 4.78 is 38.5. The van der Waals surface area contributed by atoms with Crippen LogP contribution in [0.15, 0.2) is 78.9 Å². The highest BCUT2D eigenvalue weighted by Gasteiger charge is 2.42. The molecule has 0 amide bonds. The summed E-state index contributed by atoms with van der Waals surface area (Å²) in [5.74, 6) is 1.11. The maximum atomic E-state index is 13.6. The lowest BCUT2D eigenvalue weighted by Gasteiger charge is -2.36. The Hall–Kier alpha value is -2.65. The minimum Gasteiger partial charge on any atom is -0.520 e. The standard InChI is InChI=1S/C34H48NO7PSi/c1-4-6-20-44(21-7-5-2)40-25-28-23-31(18-19-33(28)42-44)39-26-29(36)24-35-27(3)22-34(41-30-14-10-8-11-15-30)43(37,38)32-16-12-9-13-17-32/h8-19,23,27,29,34-36H,4-7,20-22,24-26H2,1-3H3,(H,37,38). The lowest BCUT2D eigenvalue weighted by Crippen LogP contribution is -2.47. The lowest BCUT2D eigenvalue weighted by atomic mass is 10.2. The Bertz CT molecular complexity index is 1320. The number of benzene rings is 3.